The van der Waals surface area contributed by atoms with Crippen LogP contribution in [0.15, 0.2) is 0 Å². The second kappa shape index (κ2) is 7.86. The van der Waals surface area contributed by atoms with Crippen LogP contribution in [0.2, 0.25) is 0 Å². The lowest BCUT2D eigenvalue weighted by atomic mass is 10.3. The number of halogens is 1. The second-order valence-electron chi connectivity index (χ2n) is 2.68. The van der Waals surface area contributed by atoms with Crippen LogP contribution < -0.4 is 10.6 Å². The van der Waals surface area contributed by atoms with E-state index in [1.54, 1.807) is 0 Å². The van der Waals surface area contributed by atoms with Gasteiger partial charge in [0.1, 0.15) is 5.78 Å². The molecule has 0 saturated heterocycles. The van der Waals surface area contributed by atoms with Crippen molar-refractivity contribution in [3.8, 4) is 0 Å². The Hall–Kier alpha value is -0.770. The van der Waals surface area contributed by atoms with Crippen LogP contribution in [0, 0.1) is 0 Å². The molecular formula is C8H15ClN2O2. The van der Waals surface area contributed by atoms with Gasteiger partial charge in [-0.15, -0.1) is 11.6 Å². The van der Waals surface area contributed by atoms with Crippen LogP contribution in [0.4, 0.5) is 4.79 Å². The van der Waals surface area contributed by atoms with Crippen molar-refractivity contribution in [2.45, 2.75) is 19.8 Å². The Balaban J connectivity index is 3.25. The van der Waals surface area contributed by atoms with Gasteiger partial charge in [0.05, 0.1) is 0 Å². The van der Waals surface area contributed by atoms with Crippen molar-refractivity contribution in [1.29, 1.82) is 0 Å². The number of urea groups is 1. The molecule has 76 valence electrons. The molecule has 0 unspecified atom stereocenters. The molecule has 0 saturated carbocycles. The number of ketones is 1. The molecule has 0 aliphatic heterocycles. The highest BCUT2D eigenvalue weighted by molar-refractivity contribution is 6.17. The summed E-state index contributed by atoms with van der Waals surface area (Å²) in [6, 6.07) is -0.244. The molecule has 0 spiro atoms. The smallest absolute Gasteiger partial charge is 0.314 e. The van der Waals surface area contributed by atoms with Crippen molar-refractivity contribution >= 4 is 23.4 Å². The summed E-state index contributed by atoms with van der Waals surface area (Å²) in [4.78, 5) is 21.4. The topological polar surface area (TPSA) is 58.2 Å². The summed E-state index contributed by atoms with van der Waals surface area (Å²) in [5, 5.41) is 5.17. The van der Waals surface area contributed by atoms with Gasteiger partial charge in [-0.1, -0.05) is 0 Å². The molecule has 2 amide bonds. The SMILES string of the molecule is CC(=O)CCNC(=O)NCCCCl. The van der Waals surface area contributed by atoms with Gasteiger partial charge >= 0.3 is 6.03 Å². The maximum absolute atomic E-state index is 10.9. The van der Waals surface area contributed by atoms with Crippen LogP contribution in [0.5, 0.6) is 0 Å². The molecule has 0 atom stereocenters. The van der Waals surface area contributed by atoms with Gasteiger partial charge in [0.25, 0.3) is 0 Å². The molecule has 5 heteroatoms. The lowest BCUT2D eigenvalue weighted by Gasteiger charge is -2.04. The Kier molecular flexibility index (Phi) is 7.39. The van der Waals surface area contributed by atoms with Gasteiger partial charge in [0, 0.05) is 25.4 Å². The first-order chi connectivity index (χ1) is 6.16. The minimum Gasteiger partial charge on any atom is -0.338 e. The van der Waals surface area contributed by atoms with Gasteiger partial charge in [-0.05, 0) is 13.3 Å². The van der Waals surface area contributed by atoms with Gasteiger partial charge in [0.2, 0.25) is 0 Å². The molecule has 0 aromatic carbocycles. The molecular weight excluding hydrogens is 192 g/mol. The largest absolute Gasteiger partial charge is 0.338 e. The van der Waals surface area contributed by atoms with Gasteiger partial charge in [-0.2, -0.15) is 0 Å². The first-order valence-corrected chi connectivity index (χ1v) is 4.77. The Morgan fingerprint density at radius 2 is 1.85 bits per heavy atom. The fourth-order valence-corrected chi connectivity index (χ4v) is 0.817. The highest BCUT2D eigenvalue weighted by Crippen LogP contribution is 1.81. The van der Waals surface area contributed by atoms with Gasteiger partial charge in [-0.25, -0.2) is 4.79 Å². The number of amides is 2. The number of carbonyl (C=O) groups excluding carboxylic acids is 2. The molecule has 13 heavy (non-hydrogen) atoms. The molecule has 0 radical (unpaired) electrons. The first-order valence-electron chi connectivity index (χ1n) is 4.24. The highest BCUT2D eigenvalue weighted by Gasteiger charge is 1.98. The zero-order chi connectivity index (χ0) is 10.1. The number of hydrogen-bond acceptors (Lipinski definition) is 2. The Morgan fingerprint density at radius 1 is 1.23 bits per heavy atom. The van der Waals surface area contributed by atoms with Crippen molar-refractivity contribution in [2.75, 3.05) is 19.0 Å². The molecule has 0 fully saturated rings. The van der Waals surface area contributed by atoms with E-state index in [1.807, 2.05) is 0 Å². The van der Waals surface area contributed by atoms with E-state index in [4.69, 9.17) is 11.6 Å². The number of carbonyl (C=O) groups is 2. The third-order valence-electron chi connectivity index (χ3n) is 1.36. The fourth-order valence-electron chi connectivity index (χ4n) is 0.683. The van der Waals surface area contributed by atoms with Crippen LogP contribution in [0.1, 0.15) is 19.8 Å². The highest BCUT2D eigenvalue weighted by atomic mass is 35.5. The molecule has 0 heterocycles. The van der Waals surface area contributed by atoms with Crippen LogP contribution >= 0.6 is 11.6 Å². The van der Waals surface area contributed by atoms with Crippen LogP contribution in [0.25, 0.3) is 0 Å². The lowest BCUT2D eigenvalue weighted by Crippen LogP contribution is -2.37. The Bertz CT molecular complexity index is 174. The van der Waals surface area contributed by atoms with E-state index < -0.39 is 0 Å². The van der Waals surface area contributed by atoms with Gasteiger partial charge in [-0.3, -0.25) is 4.79 Å². The average molecular weight is 207 g/mol. The fraction of sp³-hybridized carbons (Fsp3) is 0.750. The summed E-state index contributed by atoms with van der Waals surface area (Å²) < 4.78 is 0. The molecule has 0 aromatic heterocycles. The van der Waals surface area contributed by atoms with Crippen LogP contribution in [0.3, 0.4) is 0 Å². The summed E-state index contributed by atoms with van der Waals surface area (Å²) in [6.07, 6.45) is 1.13. The zero-order valence-corrected chi connectivity index (χ0v) is 8.49. The summed E-state index contributed by atoms with van der Waals surface area (Å²) in [6.45, 7) is 2.45. The van der Waals surface area contributed by atoms with E-state index in [-0.39, 0.29) is 11.8 Å². The van der Waals surface area contributed by atoms with Crippen molar-refractivity contribution in [3.63, 3.8) is 0 Å². The normalized spacial score (nSPS) is 9.38. The quantitative estimate of drug-likeness (QED) is 0.501. The van der Waals surface area contributed by atoms with E-state index in [0.717, 1.165) is 6.42 Å². The van der Waals surface area contributed by atoms with Crippen molar-refractivity contribution in [2.24, 2.45) is 0 Å². The third kappa shape index (κ3) is 9.14. The summed E-state index contributed by atoms with van der Waals surface area (Å²) in [7, 11) is 0. The summed E-state index contributed by atoms with van der Waals surface area (Å²) in [5.74, 6) is 0.606. The second-order valence-corrected chi connectivity index (χ2v) is 3.06. The van der Waals surface area contributed by atoms with Gasteiger partial charge in [0.15, 0.2) is 0 Å². The maximum Gasteiger partial charge on any atom is 0.314 e. The molecule has 0 rings (SSSR count). The molecule has 0 bridgehead atoms. The minimum atomic E-state index is -0.244. The minimum absolute atomic E-state index is 0.0704. The number of nitrogens with one attached hydrogen (secondary N) is 2. The predicted octanol–water partition coefficient (Wildman–Crippen LogP) is 0.894. The standard InChI is InChI=1S/C8H15ClN2O2/c1-7(12)3-6-11-8(13)10-5-2-4-9/h2-6H2,1H3,(H2,10,11,13). The van der Waals surface area contributed by atoms with Crippen molar-refractivity contribution in [1.82, 2.24) is 10.6 Å². The maximum atomic E-state index is 10.9. The van der Waals surface area contributed by atoms with E-state index in [9.17, 15) is 9.59 Å². The van der Waals surface area contributed by atoms with E-state index >= 15 is 0 Å². The van der Waals surface area contributed by atoms with Gasteiger partial charge < -0.3 is 10.6 Å². The van der Waals surface area contributed by atoms with E-state index in [2.05, 4.69) is 10.6 Å². The number of Topliss-reactive ketones (excluding diaryl/α,β-unsaturated/α-hetero) is 1. The molecule has 4 nitrogen and oxygen atoms in total. The Labute approximate surface area is 83.0 Å². The van der Waals surface area contributed by atoms with Crippen LogP contribution in [-0.2, 0) is 4.79 Å². The average Bonchev–Trinajstić information content (AvgIpc) is 2.04. The van der Waals surface area contributed by atoms with Crippen LogP contribution in [-0.4, -0.2) is 30.8 Å². The first kappa shape index (κ1) is 12.2. The number of alkyl halides is 1. The third-order valence-corrected chi connectivity index (χ3v) is 1.63. The van der Waals surface area contributed by atoms with Crippen molar-refractivity contribution in [3.05, 3.63) is 0 Å². The summed E-state index contributed by atoms with van der Waals surface area (Å²) in [5.41, 5.74) is 0. The molecule has 0 aliphatic rings. The predicted molar refractivity (Wildman–Crippen MR) is 52.0 cm³/mol. The summed E-state index contributed by atoms with van der Waals surface area (Å²) >= 11 is 5.41. The molecule has 0 aromatic rings. The molecule has 2 N–H and O–H groups in total. The monoisotopic (exact) mass is 206 g/mol. The van der Waals surface area contributed by atoms with E-state index in [1.165, 1.54) is 6.92 Å². The number of hydrogen-bond donors (Lipinski definition) is 2. The molecule has 0 aliphatic carbocycles. The van der Waals surface area contributed by atoms with E-state index in [0.29, 0.717) is 25.4 Å². The number of rotatable bonds is 6. The Morgan fingerprint density at radius 3 is 2.38 bits per heavy atom. The van der Waals surface area contributed by atoms with Crippen molar-refractivity contribution < 1.29 is 9.59 Å². The lowest BCUT2D eigenvalue weighted by molar-refractivity contribution is -0.116. The zero-order valence-electron chi connectivity index (χ0n) is 7.73.